The normalized spacial score (nSPS) is 11.8. The summed E-state index contributed by atoms with van der Waals surface area (Å²) in [6.45, 7) is 0. The van der Waals surface area contributed by atoms with Crippen molar-refractivity contribution in [1.82, 2.24) is 9.97 Å². The number of carbonyl (C=O) groups excluding carboxylic acids is 1. The number of fused-ring (bicyclic) bond motifs is 1. The van der Waals surface area contributed by atoms with Gasteiger partial charge in [0.25, 0.3) is 0 Å². The van der Waals surface area contributed by atoms with Gasteiger partial charge in [-0.05, 0) is 30.3 Å². The molecule has 1 aromatic carbocycles. The Kier molecular flexibility index (Phi) is 4.00. The summed E-state index contributed by atoms with van der Waals surface area (Å²) in [5, 5.41) is 13.0. The third-order valence-corrected chi connectivity index (χ3v) is 4.27. The summed E-state index contributed by atoms with van der Waals surface area (Å²) in [7, 11) is 0. The van der Waals surface area contributed by atoms with Crippen LogP contribution in [0.4, 0.5) is 5.69 Å². The summed E-state index contributed by atoms with van der Waals surface area (Å²) in [6.07, 6.45) is 3.12. The number of nitrogens with one attached hydrogen (secondary N) is 1. The van der Waals surface area contributed by atoms with Crippen molar-refractivity contribution in [3.8, 4) is 6.07 Å². The standard InChI is InChI=1S/C15H9ClN4OS/c16-9-3-4-13-12(6-9)20-15(22-13)11(7-17)14(21)19-10-2-1-5-18-8-10/h1-6,8,11H,(H,19,21). The summed E-state index contributed by atoms with van der Waals surface area (Å²) >= 11 is 7.23. The van der Waals surface area contributed by atoms with E-state index in [9.17, 15) is 10.1 Å². The molecule has 2 heterocycles. The number of aromatic nitrogens is 2. The number of halogens is 1. The summed E-state index contributed by atoms with van der Waals surface area (Å²) in [6, 6.07) is 10.7. The summed E-state index contributed by atoms with van der Waals surface area (Å²) in [4.78, 5) is 20.5. The smallest absolute Gasteiger partial charge is 0.248 e. The van der Waals surface area contributed by atoms with Gasteiger partial charge in [-0.2, -0.15) is 5.26 Å². The first-order valence-electron chi connectivity index (χ1n) is 6.34. The number of thiazole rings is 1. The van der Waals surface area contributed by atoms with Gasteiger partial charge in [0.15, 0.2) is 5.92 Å². The zero-order valence-corrected chi connectivity index (χ0v) is 12.7. The van der Waals surface area contributed by atoms with Crippen LogP contribution in [0.5, 0.6) is 0 Å². The first-order chi connectivity index (χ1) is 10.7. The van der Waals surface area contributed by atoms with Crippen LogP contribution in [-0.4, -0.2) is 15.9 Å². The Morgan fingerprint density at radius 2 is 2.27 bits per heavy atom. The van der Waals surface area contributed by atoms with Crippen LogP contribution in [0.25, 0.3) is 10.2 Å². The number of hydrogen-bond acceptors (Lipinski definition) is 5. The third kappa shape index (κ3) is 2.91. The number of rotatable bonds is 3. The van der Waals surface area contributed by atoms with Crippen LogP contribution in [0.3, 0.4) is 0 Å². The molecule has 22 heavy (non-hydrogen) atoms. The number of carbonyl (C=O) groups is 1. The summed E-state index contributed by atoms with van der Waals surface area (Å²) < 4.78 is 0.883. The predicted molar refractivity (Wildman–Crippen MR) is 85.9 cm³/mol. The maximum Gasteiger partial charge on any atom is 0.248 e. The van der Waals surface area contributed by atoms with E-state index in [1.54, 1.807) is 30.5 Å². The van der Waals surface area contributed by atoms with Gasteiger partial charge < -0.3 is 5.32 Å². The minimum Gasteiger partial charge on any atom is -0.323 e. The second kappa shape index (κ2) is 6.10. The van der Waals surface area contributed by atoms with Gasteiger partial charge in [-0.25, -0.2) is 4.98 Å². The third-order valence-electron chi connectivity index (χ3n) is 2.93. The molecule has 0 saturated heterocycles. The number of anilines is 1. The van der Waals surface area contributed by atoms with Gasteiger partial charge in [-0.3, -0.25) is 9.78 Å². The number of hydrogen-bond donors (Lipinski definition) is 1. The second-order valence-corrected chi connectivity index (χ2v) is 5.96. The molecule has 0 bridgehead atoms. The summed E-state index contributed by atoms with van der Waals surface area (Å²) in [5.74, 6) is -1.41. The zero-order valence-electron chi connectivity index (χ0n) is 11.2. The van der Waals surface area contributed by atoms with Crippen molar-refractivity contribution in [1.29, 1.82) is 5.26 Å². The Labute approximate surface area is 135 Å². The number of benzene rings is 1. The van der Waals surface area contributed by atoms with Crippen molar-refractivity contribution in [3.05, 3.63) is 52.8 Å². The average Bonchev–Trinajstić information content (AvgIpc) is 2.91. The van der Waals surface area contributed by atoms with E-state index in [1.165, 1.54) is 17.5 Å². The molecule has 0 aliphatic rings. The Morgan fingerprint density at radius 3 is 3.00 bits per heavy atom. The van der Waals surface area contributed by atoms with E-state index in [0.717, 1.165) is 4.70 Å². The van der Waals surface area contributed by atoms with E-state index in [4.69, 9.17) is 11.6 Å². The quantitative estimate of drug-likeness (QED) is 0.796. The van der Waals surface area contributed by atoms with Crippen LogP contribution in [0.1, 0.15) is 10.9 Å². The molecule has 1 atom stereocenters. The van der Waals surface area contributed by atoms with Crippen molar-refractivity contribution < 1.29 is 4.79 Å². The second-order valence-electron chi connectivity index (χ2n) is 4.46. The Bertz CT molecular complexity index is 872. The van der Waals surface area contributed by atoms with E-state index in [0.29, 0.717) is 21.2 Å². The molecular weight excluding hydrogens is 320 g/mol. The number of amides is 1. The molecule has 3 rings (SSSR count). The number of pyridine rings is 1. The van der Waals surface area contributed by atoms with Crippen LogP contribution in [0.2, 0.25) is 5.02 Å². The molecule has 0 spiro atoms. The van der Waals surface area contributed by atoms with Crippen molar-refractivity contribution in [2.24, 2.45) is 0 Å². The fraction of sp³-hybridized carbons (Fsp3) is 0.0667. The molecule has 2 aromatic heterocycles. The lowest BCUT2D eigenvalue weighted by Crippen LogP contribution is -2.19. The maximum absolute atomic E-state index is 12.3. The molecule has 3 aromatic rings. The average molecular weight is 329 g/mol. The van der Waals surface area contributed by atoms with Crippen LogP contribution in [0.15, 0.2) is 42.7 Å². The minimum atomic E-state index is -0.976. The fourth-order valence-corrected chi connectivity index (χ4v) is 3.08. The van der Waals surface area contributed by atoms with Gasteiger partial charge in [-0.1, -0.05) is 11.6 Å². The van der Waals surface area contributed by atoms with Gasteiger partial charge in [0, 0.05) is 11.2 Å². The van der Waals surface area contributed by atoms with Crippen LogP contribution in [-0.2, 0) is 4.79 Å². The lowest BCUT2D eigenvalue weighted by molar-refractivity contribution is -0.116. The van der Waals surface area contributed by atoms with E-state index in [-0.39, 0.29) is 0 Å². The maximum atomic E-state index is 12.3. The molecule has 1 N–H and O–H groups in total. The molecule has 0 aliphatic heterocycles. The lowest BCUT2D eigenvalue weighted by Gasteiger charge is -2.07. The van der Waals surface area contributed by atoms with Gasteiger partial charge in [0.2, 0.25) is 5.91 Å². The molecule has 0 radical (unpaired) electrons. The summed E-state index contributed by atoms with van der Waals surface area (Å²) in [5.41, 5.74) is 1.22. The highest BCUT2D eigenvalue weighted by Crippen LogP contribution is 2.29. The molecule has 7 heteroatoms. The van der Waals surface area contributed by atoms with Crippen LogP contribution >= 0.6 is 22.9 Å². The van der Waals surface area contributed by atoms with Gasteiger partial charge in [0.05, 0.1) is 28.2 Å². The molecule has 5 nitrogen and oxygen atoms in total. The largest absolute Gasteiger partial charge is 0.323 e. The molecule has 108 valence electrons. The van der Waals surface area contributed by atoms with Gasteiger partial charge in [-0.15, -0.1) is 11.3 Å². The molecule has 0 fully saturated rings. The highest BCUT2D eigenvalue weighted by atomic mass is 35.5. The van der Waals surface area contributed by atoms with E-state index in [1.807, 2.05) is 12.1 Å². The van der Waals surface area contributed by atoms with Crippen molar-refractivity contribution in [2.45, 2.75) is 5.92 Å². The Morgan fingerprint density at radius 1 is 1.41 bits per heavy atom. The Balaban J connectivity index is 1.89. The van der Waals surface area contributed by atoms with Crippen LogP contribution < -0.4 is 5.32 Å². The van der Waals surface area contributed by atoms with E-state index in [2.05, 4.69) is 15.3 Å². The number of nitriles is 1. The lowest BCUT2D eigenvalue weighted by atomic mass is 10.1. The van der Waals surface area contributed by atoms with Crippen molar-refractivity contribution in [3.63, 3.8) is 0 Å². The number of nitrogens with zero attached hydrogens (tertiary/aromatic N) is 3. The first kappa shape index (κ1) is 14.4. The zero-order chi connectivity index (χ0) is 15.5. The highest BCUT2D eigenvalue weighted by Gasteiger charge is 2.24. The topological polar surface area (TPSA) is 78.7 Å². The molecular formula is C15H9ClN4OS. The predicted octanol–water partition coefficient (Wildman–Crippen LogP) is 3.59. The van der Waals surface area contributed by atoms with Crippen LogP contribution in [0, 0.1) is 11.3 Å². The van der Waals surface area contributed by atoms with Gasteiger partial charge in [0.1, 0.15) is 5.01 Å². The molecule has 1 unspecified atom stereocenters. The first-order valence-corrected chi connectivity index (χ1v) is 7.53. The van der Waals surface area contributed by atoms with Crippen molar-refractivity contribution >= 4 is 44.7 Å². The van der Waals surface area contributed by atoms with E-state index < -0.39 is 11.8 Å². The van der Waals surface area contributed by atoms with E-state index >= 15 is 0 Å². The van der Waals surface area contributed by atoms with Crippen molar-refractivity contribution in [2.75, 3.05) is 5.32 Å². The fourth-order valence-electron chi connectivity index (χ4n) is 1.92. The minimum absolute atomic E-state index is 0.430. The monoisotopic (exact) mass is 328 g/mol. The molecule has 1 amide bonds. The highest BCUT2D eigenvalue weighted by molar-refractivity contribution is 7.18. The SMILES string of the molecule is N#CC(C(=O)Nc1cccnc1)c1nc2cc(Cl)ccc2s1. The Hall–Kier alpha value is -2.49. The molecule has 0 saturated carbocycles. The molecule has 0 aliphatic carbocycles. The van der Waals surface area contributed by atoms with Gasteiger partial charge >= 0.3 is 0 Å².